The largest absolute Gasteiger partial charge is 0.486 e. The van der Waals surface area contributed by atoms with Gasteiger partial charge < -0.3 is 9.47 Å². The number of fused-ring (bicyclic) bond motifs is 3. The van der Waals surface area contributed by atoms with E-state index in [4.69, 9.17) is 9.47 Å². The molecular weight excluding hydrogens is 304 g/mol. The van der Waals surface area contributed by atoms with Crippen LogP contribution in [0.15, 0.2) is 10.5 Å². The Balaban J connectivity index is 2.24. The molecule has 2 heterocycles. The Hall–Kier alpha value is -0.680. The van der Waals surface area contributed by atoms with E-state index in [9.17, 15) is 4.79 Å². The van der Waals surface area contributed by atoms with Gasteiger partial charge in [0.2, 0.25) is 0 Å². The minimum Gasteiger partial charge on any atom is -0.486 e. The lowest BCUT2D eigenvalue weighted by molar-refractivity contribution is 0.0980. The van der Waals surface area contributed by atoms with Crippen molar-refractivity contribution in [2.45, 2.75) is 17.9 Å². The topological polar surface area (TPSA) is 35.5 Å². The molecule has 0 radical (unpaired) electrons. The maximum atomic E-state index is 12.3. The van der Waals surface area contributed by atoms with Crippen molar-refractivity contribution in [2.24, 2.45) is 0 Å². The molecule has 1 unspecified atom stereocenters. The van der Waals surface area contributed by atoms with Crippen molar-refractivity contribution in [2.75, 3.05) is 13.2 Å². The Labute approximate surface area is 112 Å². The number of hydrogen-bond acceptors (Lipinski definition) is 4. The number of hydrogen-bond donors (Lipinski definition) is 0. The van der Waals surface area contributed by atoms with Crippen LogP contribution in [0.25, 0.3) is 0 Å². The first kappa shape index (κ1) is 11.4. The summed E-state index contributed by atoms with van der Waals surface area (Å²) in [5, 5.41) is -0.00794. The Bertz CT molecular complexity index is 501. The normalized spacial score (nSPS) is 22.2. The summed E-state index contributed by atoms with van der Waals surface area (Å²) in [7, 11) is 0. The van der Waals surface area contributed by atoms with Crippen molar-refractivity contribution in [3.63, 3.8) is 0 Å². The maximum Gasteiger partial charge on any atom is 0.179 e. The molecular formula is C12H11BrO3S. The lowest BCUT2D eigenvalue weighted by Gasteiger charge is -2.27. The molecule has 2 aliphatic rings. The van der Waals surface area contributed by atoms with Gasteiger partial charge in [-0.3, -0.25) is 4.79 Å². The quantitative estimate of drug-likeness (QED) is 0.737. The molecule has 17 heavy (non-hydrogen) atoms. The van der Waals surface area contributed by atoms with Gasteiger partial charge in [-0.25, -0.2) is 0 Å². The first-order valence-electron chi connectivity index (χ1n) is 5.45. The standard InChI is InChI=1S/C12H11BrO3S/c1-6-11(14)10-7(5-17-6)8(13)4-9-12(10)16-3-2-15-9/h4,6H,2-3,5H2,1H3. The van der Waals surface area contributed by atoms with Gasteiger partial charge in [0.15, 0.2) is 17.3 Å². The van der Waals surface area contributed by atoms with Gasteiger partial charge in [0.25, 0.3) is 0 Å². The summed E-state index contributed by atoms with van der Waals surface area (Å²) in [6, 6.07) is 1.90. The number of rotatable bonds is 0. The van der Waals surface area contributed by atoms with E-state index in [0.717, 1.165) is 15.8 Å². The molecule has 3 nitrogen and oxygen atoms in total. The second-order valence-corrected chi connectivity index (χ2v) is 6.24. The predicted molar refractivity (Wildman–Crippen MR) is 70.2 cm³/mol. The zero-order chi connectivity index (χ0) is 12.0. The highest BCUT2D eigenvalue weighted by Gasteiger charge is 2.32. The van der Waals surface area contributed by atoms with Gasteiger partial charge in [-0.05, 0) is 18.6 Å². The van der Waals surface area contributed by atoms with Crippen molar-refractivity contribution >= 4 is 33.5 Å². The number of Topliss-reactive ketones (excluding diaryl/α,β-unsaturated/α-hetero) is 1. The maximum absolute atomic E-state index is 12.3. The third-order valence-electron chi connectivity index (χ3n) is 2.98. The van der Waals surface area contributed by atoms with Crippen molar-refractivity contribution in [3.05, 3.63) is 21.7 Å². The van der Waals surface area contributed by atoms with Crippen LogP contribution in [-0.2, 0) is 5.75 Å². The monoisotopic (exact) mass is 314 g/mol. The molecule has 0 N–H and O–H groups in total. The molecule has 1 atom stereocenters. The lowest BCUT2D eigenvalue weighted by Crippen LogP contribution is -2.25. The van der Waals surface area contributed by atoms with Crippen molar-refractivity contribution in [3.8, 4) is 11.5 Å². The number of halogens is 1. The second-order valence-electron chi connectivity index (χ2n) is 4.05. The fourth-order valence-corrected chi connectivity index (χ4v) is 3.80. The molecule has 0 spiro atoms. The molecule has 0 aromatic heterocycles. The SMILES string of the molecule is CC1SCc2c(Br)cc3c(c2C1=O)OCCO3. The molecule has 0 amide bonds. The van der Waals surface area contributed by atoms with E-state index in [1.54, 1.807) is 11.8 Å². The number of ketones is 1. The first-order chi connectivity index (χ1) is 8.18. The van der Waals surface area contributed by atoms with E-state index in [-0.39, 0.29) is 11.0 Å². The highest BCUT2D eigenvalue weighted by molar-refractivity contribution is 9.10. The average Bonchev–Trinajstić information content (AvgIpc) is 2.33. The molecule has 0 saturated carbocycles. The second kappa shape index (κ2) is 4.21. The summed E-state index contributed by atoms with van der Waals surface area (Å²) >= 11 is 5.17. The zero-order valence-corrected chi connectivity index (χ0v) is 11.7. The molecule has 0 fully saturated rings. The summed E-state index contributed by atoms with van der Waals surface area (Å²) in [4.78, 5) is 12.3. The lowest BCUT2D eigenvalue weighted by atomic mass is 10.00. The molecule has 2 aliphatic heterocycles. The fraction of sp³-hybridized carbons (Fsp3) is 0.417. The Kier molecular flexibility index (Phi) is 2.83. The van der Waals surface area contributed by atoms with E-state index in [2.05, 4.69) is 15.9 Å². The van der Waals surface area contributed by atoms with Gasteiger partial charge in [-0.15, -0.1) is 11.8 Å². The van der Waals surface area contributed by atoms with Gasteiger partial charge in [-0.2, -0.15) is 0 Å². The van der Waals surface area contributed by atoms with Gasteiger partial charge in [0, 0.05) is 10.2 Å². The van der Waals surface area contributed by atoms with E-state index in [0.29, 0.717) is 30.3 Å². The Morgan fingerprint density at radius 1 is 1.41 bits per heavy atom. The van der Waals surface area contributed by atoms with Gasteiger partial charge in [-0.1, -0.05) is 15.9 Å². The minimum atomic E-state index is -0.00794. The van der Waals surface area contributed by atoms with Crippen LogP contribution in [0.3, 0.4) is 0 Å². The van der Waals surface area contributed by atoms with E-state index in [1.807, 2.05) is 13.0 Å². The van der Waals surface area contributed by atoms with Crippen LogP contribution in [0.4, 0.5) is 0 Å². The number of benzene rings is 1. The number of carbonyl (C=O) groups is 1. The molecule has 0 bridgehead atoms. The summed E-state index contributed by atoms with van der Waals surface area (Å²) in [5.74, 6) is 2.28. The van der Waals surface area contributed by atoms with E-state index in [1.165, 1.54) is 0 Å². The summed E-state index contributed by atoms with van der Waals surface area (Å²) in [6.07, 6.45) is 0. The number of thioether (sulfide) groups is 1. The van der Waals surface area contributed by atoms with Gasteiger partial charge in [0.05, 0.1) is 10.8 Å². The number of carbonyl (C=O) groups excluding carboxylic acids is 1. The van der Waals surface area contributed by atoms with Crippen molar-refractivity contribution in [1.29, 1.82) is 0 Å². The fourth-order valence-electron chi connectivity index (χ4n) is 2.08. The summed E-state index contributed by atoms with van der Waals surface area (Å²) in [6.45, 7) is 2.99. The Morgan fingerprint density at radius 2 is 2.18 bits per heavy atom. The van der Waals surface area contributed by atoms with E-state index < -0.39 is 0 Å². The highest BCUT2D eigenvalue weighted by Crippen LogP contribution is 2.45. The minimum absolute atomic E-state index is 0.00794. The molecule has 90 valence electrons. The van der Waals surface area contributed by atoms with Crippen LogP contribution >= 0.6 is 27.7 Å². The molecule has 5 heteroatoms. The van der Waals surface area contributed by atoms with Crippen LogP contribution in [0.2, 0.25) is 0 Å². The van der Waals surface area contributed by atoms with Crippen molar-refractivity contribution in [1.82, 2.24) is 0 Å². The highest BCUT2D eigenvalue weighted by atomic mass is 79.9. The van der Waals surface area contributed by atoms with Gasteiger partial charge >= 0.3 is 0 Å². The summed E-state index contributed by atoms with van der Waals surface area (Å²) in [5.41, 5.74) is 1.74. The molecule has 0 aliphatic carbocycles. The molecule has 0 saturated heterocycles. The first-order valence-corrected chi connectivity index (χ1v) is 7.29. The van der Waals surface area contributed by atoms with Crippen LogP contribution in [-0.4, -0.2) is 24.2 Å². The third kappa shape index (κ3) is 1.76. The predicted octanol–water partition coefficient (Wildman–Crippen LogP) is 3.04. The molecule has 3 rings (SSSR count). The van der Waals surface area contributed by atoms with Crippen LogP contribution in [0, 0.1) is 0 Å². The average molecular weight is 315 g/mol. The van der Waals surface area contributed by atoms with Crippen molar-refractivity contribution < 1.29 is 14.3 Å². The smallest absolute Gasteiger partial charge is 0.179 e. The van der Waals surface area contributed by atoms with Crippen LogP contribution in [0.1, 0.15) is 22.8 Å². The molecule has 1 aromatic rings. The van der Waals surface area contributed by atoms with Gasteiger partial charge in [0.1, 0.15) is 13.2 Å². The Morgan fingerprint density at radius 3 is 3.00 bits per heavy atom. The van der Waals surface area contributed by atoms with E-state index >= 15 is 0 Å². The summed E-state index contributed by atoms with van der Waals surface area (Å²) < 4.78 is 12.1. The van der Waals surface area contributed by atoms with Crippen LogP contribution in [0.5, 0.6) is 11.5 Å². The third-order valence-corrected chi connectivity index (χ3v) is 4.86. The number of ether oxygens (including phenoxy) is 2. The van der Waals surface area contributed by atoms with Crippen LogP contribution < -0.4 is 9.47 Å². The zero-order valence-electron chi connectivity index (χ0n) is 9.29. The molecule has 1 aromatic carbocycles.